The number of nitrogens with one attached hydrogen (secondary N) is 2. The van der Waals surface area contributed by atoms with Crippen molar-refractivity contribution >= 4 is 28.1 Å². The lowest BCUT2D eigenvalue weighted by Crippen LogP contribution is -2.16. The summed E-state index contributed by atoms with van der Waals surface area (Å²) in [6, 6.07) is 11.1. The zero-order valence-corrected chi connectivity index (χ0v) is 14.8. The molecule has 6 nitrogen and oxygen atoms in total. The van der Waals surface area contributed by atoms with Crippen molar-refractivity contribution in [2.75, 3.05) is 5.32 Å². The molecule has 4 rings (SSSR count). The Morgan fingerprint density at radius 1 is 1.12 bits per heavy atom. The van der Waals surface area contributed by atoms with E-state index in [1.165, 1.54) is 0 Å². The van der Waals surface area contributed by atoms with Gasteiger partial charge in [0.05, 0.1) is 11.2 Å². The van der Waals surface area contributed by atoms with E-state index in [1.807, 2.05) is 50.4 Å². The first-order valence-corrected chi connectivity index (χ1v) is 8.34. The molecule has 6 heteroatoms. The fourth-order valence-corrected chi connectivity index (χ4v) is 3.22. The third-order valence-corrected chi connectivity index (χ3v) is 4.75. The van der Waals surface area contributed by atoms with Crippen LogP contribution in [0.15, 0.2) is 47.4 Å². The number of aromatic nitrogens is 3. The maximum Gasteiger partial charge on any atom is 0.274 e. The number of rotatable bonds is 2. The van der Waals surface area contributed by atoms with Crippen molar-refractivity contribution < 1.29 is 4.79 Å². The molecular weight excluding hydrogens is 328 g/mol. The maximum absolute atomic E-state index is 12.8. The standard InChI is InChI=1S/C20H18N4O2/c1-11-12(2)19(25)23-16-10-14(7-8-15(11)16)22-20(26)18-13(3)21-17-6-4-5-9-24(17)18/h4-10H,1-3H3,(H,22,26)(H,23,25). The SMILES string of the molecule is Cc1nc2ccccn2c1C(=O)Nc1ccc2c(C)c(C)c(=O)[nH]c2c1. The Hall–Kier alpha value is -3.41. The fraction of sp³-hybridized carbons (Fsp3) is 0.150. The van der Waals surface area contributed by atoms with Crippen LogP contribution in [0, 0.1) is 20.8 Å². The van der Waals surface area contributed by atoms with E-state index in [2.05, 4.69) is 15.3 Å². The monoisotopic (exact) mass is 346 g/mol. The number of imidazole rings is 1. The molecule has 130 valence electrons. The van der Waals surface area contributed by atoms with Gasteiger partial charge in [0.2, 0.25) is 0 Å². The molecular formula is C20H18N4O2. The van der Waals surface area contributed by atoms with Crippen molar-refractivity contribution in [2.24, 2.45) is 0 Å². The zero-order valence-electron chi connectivity index (χ0n) is 14.8. The average Bonchev–Trinajstić information content (AvgIpc) is 2.95. The van der Waals surface area contributed by atoms with Crippen LogP contribution in [0.4, 0.5) is 5.69 Å². The van der Waals surface area contributed by atoms with Crippen LogP contribution in [-0.4, -0.2) is 20.3 Å². The average molecular weight is 346 g/mol. The van der Waals surface area contributed by atoms with Crippen molar-refractivity contribution in [1.82, 2.24) is 14.4 Å². The van der Waals surface area contributed by atoms with E-state index < -0.39 is 0 Å². The number of benzene rings is 1. The van der Waals surface area contributed by atoms with Gasteiger partial charge in [-0.25, -0.2) is 4.98 Å². The number of hydrogen-bond donors (Lipinski definition) is 2. The van der Waals surface area contributed by atoms with E-state index in [-0.39, 0.29) is 11.5 Å². The number of fused-ring (bicyclic) bond motifs is 2. The molecule has 4 aromatic rings. The molecule has 0 spiro atoms. The molecule has 0 saturated carbocycles. The van der Waals surface area contributed by atoms with Crippen molar-refractivity contribution in [2.45, 2.75) is 20.8 Å². The molecule has 0 bridgehead atoms. The first kappa shape index (κ1) is 16.1. The molecule has 1 aromatic carbocycles. The number of carbonyl (C=O) groups is 1. The molecule has 0 atom stereocenters. The Kier molecular flexibility index (Phi) is 3.61. The van der Waals surface area contributed by atoms with Crippen LogP contribution in [-0.2, 0) is 0 Å². The van der Waals surface area contributed by atoms with Crippen molar-refractivity contribution in [3.05, 3.63) is 75.5 Å². The molecule has 3 aromatic heterocycles. The van der Waals surface area contributed by atoms with E-state index in [0.29, 0.717) is 28.2 Å². The van der Waals surface area contributed by atoms with Gasteiger partial charge in [-0.1, -0.05) is 12.1 Å². The molecule has 0 radical (unpaired) electrons. The third-order valence-electron chi connectivity index (χ3n) is 4.75. The van der Waals surface area contributed by atoms with E-state index >= 15 is 0 Å². The summed E-state index contributed by atoms with van der Waals surface area (Å²) in [6.45, 7) is 5.54. The van der Waals surface area contributed by atoms with Gasteiger partial charge in [-0.2, -0.15) is 0 Å². The van der Waals surface area contributed by atoms with Gasteiger partial charge in [-0.05, 0) is 50.6 Å². The molecule has 0 unspecified atom stereocenters. The summed E-state index contributed by atoms with van der Waals surface area (Å²) >= 11 is 0. The van der Waals surface area contributed by atoms with Crippen LogP contribution in [0.2, 0.25) is 0 Å². The van der Waals surface area contributed by atoms with Crippen LogP contribution in [0.1, 0.15) is 27.3 Å². The zero-order chi connectivity index (χ0) is 18.4. The summed E-state index contributed by atoms with van der Waals surface area (Å²) in [7, 11) is 0. The Labute approximate surface area is 149 Å². The van der Waals surface area contributed by atoms with Gasteiger partial charge in [0.15, 0.2) is 0 Å². The third kappa shape index (κ3) is 2.47. The molecule has 26 heavy (non-hydrogen) atoms. The number of hydrogen-bond acceptors (Lipinski definition) is 3. The number of H-pyrrole nitrogens is 1. The first-order valence-electron chi connectivity index (χ1n) is 8.34. The molecule has 0 saturated heterocycles. The normalized spacial score (nSPS) is 11.2. The van der Waals surface area contributed by atoms with Gasteiger partial charge in [0.25, 0.3) is 11.5 Å². The smallest absolute Gasteiger partial charge is 0.274 e. The van der Waals surface area contributed by atoms with Crippen molar-refractivity contribution in [3.8, 4) is 0 Å². The van der Waals surface area contributed by atoms with Crippen LogP contribution in [0.25, 0.3) is 16.6 Å². The maximum atomic E-state index is 12.8. The number of pyridine rings is 2. The predicted octanol–water partition coefficient (Wildman–Crippen LogP) is 3.35. The highest BCUT2D eigenvalue weighted by molar-refractivity contribution is 6.05. The highest BCUT2D eigenvalue weighted by Crippen LogP contribution is 2.22. The van der Waals surface area contributed by atoms with E-state index in [4.69, 9.17) is 0 Å². The first-order chi connectivity index (χ1) is 12.5. The van der Waals surface area contributed by atoms with Crippen LogP contribution in [0.3, 0.4) is 0 Å². The van der Waals surface area contributed by atoms with Gasteiger partial charge in [-0.3, -0.25) is 14.0 Å². The molecule has 1 amide bonds. The molecule has 0 aliphatic rings. The molecule has 2 N–H and O–H groups in total. The summed E-state index contributed by atoms with van der Waals surface area (Å²) in [5.74, 6) is -0.244. The lowest BCUT2D eigenvalue weighted by Gasteiger charge is -2.09. The minimum Gasteiger partial charge on any atom is -0.322 e. The van der Waals surface area contributed by atoms with Gasteiger partial charge >= 0.3 is 0 Å². The minimum absolute atomic E-state index is 0.115. The number of aryl methyl sites for hydroxylation is 2. The largest absolute Gasteiger partial charge is 0.322 e. The Balaban J connectivity index is 1.75. The fourth-order valence-electron chi connectivity index (χ4n) is 3.22. The van der Waals surface area contributed by atoms with Crippen molar-refractivity contribution in [1.29, 1.82) is 0 Å². The topological polar surface area (TPSA) is 79.3 Å². The van der Waals surface area contributed by atoms with Crippen molar-refractivity contribution in [3.63, 3.8) is 0 Å². The summed E-state index contributed by atoms with van der Waals surface area (Å²) in [4.78, 5) is 32.1. The van der Waals surface area contributed by atoms with Gasteiger partial charge in [0.1, 0.15) is 11.3 Å². The van der Waals surface area contributed by atoms with Crippen LogP contribution >= 0.6 is 0 Å². The van der Waals surface area contributed by atoms with E-state index in [0.717, 1.165) is 16.6 Å². The summed E-state index contributed by atoms with van der Waals surface area (Å²) in [5.41, 5.74) is 4.73. The van der Waals surface area contributed by atoms with Gasteiger partial charge < -0.3 is 10.3 Å². The number of amides is 1. The second-order valence-corrected chi connectivity index (χ2v) is 6.39. The predicted molar refractivity (Wildman–Crippen MR) is 102 cm³/mol. The Morgan fingerprint density at radius 3 is 2.73 bits per heavy atom. The lowest BCUT2D eigenvalue weighted by atomic mass is 10.1. The Bertz CT molecular complexity index is 1230. The molecule has 0 fully saturated rings. The summed E-state index contributed by atoms with van der Waals surface area (Å²) in [6.07, 6.45) is 1.81. The number of nitrogens with zero attached hydrogens (tertiary/aromatic N) is 2. The molecule has 3 heterocycles. The van der Waals surface area contributed by atoms with Crippen LogP contribution in [0.5, 0.6) is 0 Å². The number of aromatic amines is 1. The Morgan fingerprint density at radius 2 is 1.92 bits per heavy atom. The molecule has 0 aliphatic heterocycles. The lowest BCUT2D eigenvalue weighted by molar-refractivity contribution is 0.102. The van der Waals surface area contributed by atoms with Crippen LogP contribution < -0.4 is 10.9 Å². The number of anilines is 1. The highest BCUT2D eigenvalue weighted by atomic mass is 16.2. The second-order valence-electron chi connectivity index (χ2n) is 6.39. The van der Waals surface area contributed by atoms with Gasteiger partial charge in [0, 0.05) is 22.8 Å². The quantitative estimate of drug-likeness (QED) is 0.584. The molecule has 0 aliphatic carbocycles. The highest BCUT2D eigenvalue weighted by Gasteiger charge is 2.16. The number of carbonyl (C=O) groups excluding carboxylic acids is 1. The second kappa shape index (κ2) is 5.84. The summed E-state index contributed by atoms with van der Waals surface area (Å²) < 4.78 is 1.76. The van der Waals surface area contributed by atoms with E-state index in [1.54, 1.807) is 17.4 Å². The minimum atomic E-state index is -0.244. The van der Waals surface area contributed by atoms with Gasteiger partial charge in [-0.15, -0.1) is 0 Å². The summed E-state index contributed by atoms with van der Waals surface area (Å²) in [5, 5.41) is 3.87. The van der Waals surface area contributed by atoms with E-state index in [9.17, 15) is 9.59 Å².